The third kappa shape index (κ3) is 2.62. The van der Waals surface area contributed by atoms with Crippen LogP contribution in [0.3, 0.4) is 0 Å². The van der Waals surface area contributed by atoms with Crippen molar-refractivity contribution in [1.82, 2.24) is 9.78 Å². The van der Waals surface area contributed by atoms with E-state index in [9.17, 15) is 10.1 Å². The lowest BCUT2D eigenvalue weighted by molar-refractivity contribution is -0.137. The quantitative estimate of drug-likeness (QED) is 0.829. The Morgan fingerprint density at radius 3 is 3.00 bits per heavy atom. The van der Waals surface area contributed by atoms with E-state index in [1.54, 1.807) is 0 Å². The van der Waals surface area contributed by atoms with Gasteiger partial charge in [0.1, 0.15) is 24.0 Å². The van der Waals surface area contributed by atoms with Crippen LogP contribution in [0.2, 0.25) is 0 Å². The zero-order valence-corrected chi connectivity index (χ0v) is 10.8. The second-order valence-electron chi connectivity index (χ2n) is 4.94. The number of anilines is 2. The van der Waals surface area contributed by atoms with Crippen LogP contribution in [0.15, 0.2) is 0 Å². The Bertz CT molecular complexity index is 531. The summed E-state index contributed by atoms with van der Waals surface area (Å²) in [6, 6.07) is 2.03. The molecule has 3 N–H and O–H groups in total. The van der Waals surface area contributed by atoms with Crippen LogP contribution in [0.4, 0.5) is 11.6 Å². The minimum atomic E-state index is -1.03. The van der Waals surface area contributed by atoms with Crippen molar-refractivity contribution >= 4 is 17.6 Å². The number of aromatic nitrogens is 2. The lowest BCUT2D eigenvalue weighted by Gasteiger charge is -2.31. The minimum Gasteiger partial charge on any atom is -0.480 e. The number of hydrogen-bond donors (Lipinski definition) is 2. The second-order valence-corrected chi connectivity index (χ2v) is 4.94. The fraction of sp³-hybridized carbons (Fsp3) is 0.583. The average Bonchev–Trinajstić information content (AvgIpc) is 2.65. The molecule has 7 heteroatoms. The van der Waals surface area contributed by atoms with E-state index < -0.39 is 5.97 Å². The van der Waals surface area contributed by atoms with Crippen molar-refractivity contribution in [2.24, 2.45) is 5.92 Å². The number of rotatable bonds is 3. The highest BCUT2D eigenvalue weighted by molar-refractivity contribution is 5.70. The van der Waals surface area contributed by atoms with Crippen molar-refractivity contribution < 1.29 is 9.90 Å². The summed E-state index contributed by atoms with van der Waals surface area (Å²) < 4.78 is 1.18. The number of carbonyl (C=O) groups is 1. The highest BCUT2D eigenvalue weighted by Crippen LogP contribution is 2.28. The van der Waals surface area contributed by atoms with Crippen molar-refractivity contribution in [2.45, 2.75) is 26.3 Å². The molecule has 1 unspecified atom stereocenters. The Morgan fingerprint density at radius 1 is 1.68 bits per heavy atom. The Balaban J connectivity index is 2.34. The number of nitriles is 1. The van der Waals surface area contributed by atoms with Gasteiger partial charge in [0.15, 0.2) is 5.82 Å². The summed E-state index contributed by atoms with van der Waals surface area (Å²) in [6.45, 7) is 3.46. The number of nitrogen functional groups attached to an aromatic ring is 1. The predicted octanol–water partition coefficient (Wildman–Crippen LogP) is 0.658. The molecule has 0 aromatic carbocycles. The number of piperidine rings is 1. The lowest BCUT2D eigenvalue weighted by Crippen LogP contribution is -2.35. The molecule has 0 saturated carbocycles. The molecule has 0 spiro atoms. The van der Waals surface area contributed by atoms with Crippen molar-refractivity contribution in [3.63, 3.8) is 0 Å². The maximum absolute atomic E-state index is 10.7. The van der Waals surface area contributed by atoms with Gasteiger partial charge in [-0.15, -0.1) is 0 Å². The first-order valence-electron chi connectivity index (χ1n) is 6.26. The summed E-state index contributed by atoms with van der Waals surface area (Å²) in [4.78, 5) is 12.8. The van der Waals surface area contributed by atoms with Gasteiger partial charge in [0.05, 0.1) is 0 Å². The largest absolute Gasteiger partial charge is 0.480 e. The van der Waals surface area contributed by atoms with Gasteiger partial charge < -0.3 is 15.7 Å². The van der Waals surface area contributed by atoms with Crippen molar-refractivity contribution in [2.75, 3.05) is 23.7 Å². The van der Waals surface area contributed by atoms with Crippen LogP contribution in [0.5, 0.6) is 0 Å². The second kappa shape index (κ2) is 5.18. The first kappa shape index (κ1) is 13.2. The van der Waals surface area contributed by atoms with Gasteiger partial charge in [0.25, 0.3) is 0 Å². The Hall–Kier alpha value is -2.23. The van der Waals surface area contributed by atoms with E-state index in [2.05, 4.69) is 12.0 Å². The van der Waals surface area contributed by atoms with Crippen LogP contribution in [0, 0.1) is 17.2 Å². The van der Waals surface area contributed by atoms with Gasteiger partial charge in [0, 0.05) is 13.1 Å². The number of carboxylic acid groups (broad SMARTS) is 1. The fourth-order valence-corrected chi connectivity index (χ4v) is 2.42. The number of nitrogens with zero attached hydrogens (tertiary/aromatic N) is 4. The molecule has 0 amide bonds. The summed E-state index contributed by atoms with van der Waals surface area (Å²) in [7, 11) is 0. The molecular weight excluding hydrogens is 246 g/mol. The van der Waals surface area contributed by atoms with Crippen LogP contribution >= 0.6 is 0 Å². The maximum Gasteiger partial charge on any atom is 0.325 e. The molecule has 102 valence electrons. The molecule has 1 fully saturated rings. The van der Waals surface area contributed by atoms with E-state index in [0.29, 0.717) is 11.7 Å². The lowest BCUT2D eigenvalue weighted by atomic mass is 10.0. The van der Waals surface area contributed by atoms with E-state index >= 15 is 0 Å². The van der Waals surface area contributed by atoms with Crippen LogP contribution in [-0.2, 0) is 11.3 Å². The summed E-state index contributed by atoms with van der Waals surface area (Å²) in [5, 5.41) is 22.2. The summed E-state index contributed by atoms with van der Waals surface area (Å²) in [6.07, 6.45) is 2.20. The molecule has 1 aromatic heterocycles. The normalized spacial score (nSPS) is 19.2. The van der Waals surface area contributed by atoms with Crippen LogP contribution in [0.25, 0.3) is 0 Å². The van der Waals surface area contributed by atoms with E-state index in [0.717, 1.165) is 25.9 Å². The first-order valence-corrected chi connectivity index (χ1v) is 6.26. The molecule has 2 heterocycles. The monoisotopic (exact) mass is 263 g/mol. The zero-order chi connectivity index (χ0) is 14.0. The minimum absolute atomic E-state index is 0.123. The molecule has 2 rings (SSSR count). The standard InChI is InChI=1S/C12H17N5O2/c1-8-3-2-4-16(6-8)12-9(5-13)11(14)17(15-12)7-10(18)19/h8H,2-4,6-7,14H2,1H3,(H,18,19). The Kier molecular flexibility index (Phi) is 3.60. The number of nitrogens with two attached hydrogens (primary N) is 1. The zero-order valence-electron chi connectivity index (χ0n) is 10.8. The van der Waals surface area contributed by atoms with Crippen molar-refractivity contribution in [1.29, 1.82) is 5.26 Å². The number of carboxylic acids is 1. The summed E-state index contributed by atoms with van der Waals surface area (Å²) >= 11 is 0. The van der Waals surface area contributed by atoms with Crippen molar-refractivity contribution in [3.05, 3.63) is 5.56 Å². The molecule has 1 atom stereocenters. The molecule has 19 heavy (non-hydrogen) atoms. The third-order valence-corrected chi connectivity index (χ3v) is 3.33. The van der Waals surface area contributed by atoms with Crippen LogP contribution in [-0.4, -0.2) is 33.9 Å². The van der Waals surface area contributed by atoms with E-state index in [1.165, 1.54) is 4.68 Å². The molecule has 7 nitrogen and oxygen atoms in total. The van der Waals surface area contributed by atoms with Gasteiger partial charge in [-0.05, 0) is 18.8 Å². The van der Waals surface area contributed by atoms with Gasteiger partial charge >= 0.3 is 5.97 Å². The van der Waals surface area contributed by atoms with Crippen molar-refractivity contribution in [3.8, 4) is 6.07 Å². The Morgan fingerprint density at radius 2 is 2.42 bits per heavy atom. The van der Waals surface area contributed by atoms with E-state index in [4.69, 9.17) is 10.8 Å². The van der Waals surface area contributed by atoms with E-state index in [1.807, 2.05) is 11.0 Å². The van der Waals surface area contributed by atoms with Crippen LogP contribution in [0.1, 0.15) is 25.3 Å². The SMILES string of the molecule is CC1CCCN(c2nn(CC(=O)O)c(N)c2C#N)C1. The number of aliphatic carboxylic acids is 1. The topological polar surface area (TPSA) is 108 Å². The van der Waals surface area contributed by atoms with Gasteiger partial charge in [-0.1, -0.05) is 6.92 Å². The van der Waals surface area contributed by atoms with Gasteiger partial charge in [-0.3, -0.25) is 4.79 Å². The molecule has 0 radical (unpaired) electrons. The molecular formula is C12H17N5O2. The van der Waals surface area contributed by atoms with Gasteiger partial charge in [-0.2, -0.15) is 10.4 Å². The highest BCUT2D eigenvalue weighted by Gasteiger charge is 2.25. The third-order valence-electron chi connectivity index (χ3n) is 3.33. The molecule has 0 aliphatic carbocycles. The molecule has 0 bridgehead atoms. The highest BCUT2D eigenvalue weighted by atomic mass is 16.4. The van der Waals surface area contributed by atoms with Gasteiger partial charge in [-0.25, -0.2) is 4.68 Å². The van der Waals surface area contributed by atoms with E-state index in [-0.39, 0.29) is 17.9 Å². The predicted molar refractivity (Wildman–Crippen MR) is 69.6 cm³/mol. The molecule has 1 aromatic rings. The summed E-state index contributed by atoms with van der Waals surface area (Å²) in [5.74, 6) is 0.134. The van der Waals surface area contributed by atoms with Gasteiger partial charge in [0.2, 0.25) is 0 Å². The molecule has 1 aliphatic heterocycles. The fourth-order valence-electron chi connectivity index (χ4n) is 2.42. The molecule has 1 aliphatic rings. The van der Waals surface area contributed by atoms with Crippen LogP contribution < -0.4 is 10.6 Å². The first-order chi connectivity index (χ1) is 9.02. The average molecular weight is 263 g/mol. The summed E-state index contributed by atoms with van der Waals surface area (Å²) in [5.41, 5.74) is 6.07. The molecule has 1 saturated heterocycles. The maximum atomic E-state index is 10.7. The Labute approximate surface area is 111 Å². The number of hydrogen-bond acceptors (Lipinski definition) is 5. The smallest absolute Gasteiger partial charge is 0.325 e.